The molecule has 3 aromatic carbocycles. The fourth-order valence-electron chi connectivity index (χ4n) is 4.85. The van der Waals surface area contributed by atoms with Gasteiger partial charge in [-0.15, -0.1) is 24.8 Å². The van der Waals surface area contributed by atoms with E-state index in [9.17, 15) is 0 Å². The highest BCUT2D eigenvalue weighted by molar-refractivity contribution is 5.85. The quantitative estimate of drug-likeness (QED) is 0.307. The number of hydrogen-bond acceptors (Lipinski definition) is 3. The normalized spacial score (nSPS) is 17.8. The van der Waals surface area contributed by atoms with Gasteiger partial charge in [-0.05, 0) is 74.4 Å². The Hall–Kier alpha value is -2.48. The van der Waals surface area contributed by atoms with E-state index in [2.05, 4.69) is 79.2 Å². The number of nitrogens with two attached hydrogens (primary N) is 1. The number of halogens is 2. The van der Waals surface area contributed by atoms with Crippen molar-refractivity contribution in [2.24, 2.45) is 5.84 Å². The molecule has 0 amide bonds. The van der Waals surface area contributed by atoms with Crippen LogP contribution in [0.2, 0.25) is 0 Å². The van der Waals surface area contributed by atoms with Gasteiger partial charge in [0, 0.05) is 12.1 Å². The highest BCUT2D eigenvalue weighted by atomic mass is 35.5. The van der Waals surface area contributed by atoms with Crippen LogP contribution in [-0.4, -0.2) is 18.7 Å². The number of methoxy groups -OCH3 is 1. The van der Waals surface area contributed by atoms with Gasteiger partial charge >= 0.3 is 0 Å². The molecule has 1 heterocycles. The van der Waals surface area contributed by atoms with Crippen LogP contribution in [-0.2, 0) is 17.4 Å². The van der Waals surface area contributed by atoms with Crippen molar-refractivity contribution in [3.63, 3.8) is 0 Å². The maximum atomic E-state index is 6.69. The summed E-state index contributed by atoms with van der Waals surface area (Å²) in [5, 5.41) is 2.05. The predicted octanol–water partition coefficient (Wildman–Crippen LogP) is 6.67. The second kappa shape index (κ2) is 12.5. The van der Waals surface area contributed by atoms with Crippen molar-refractivity contribution >= 4 is 24.8 Å². The minimum Gasteiger partial charge on any atom is -0.496 e. The molecule has 0 radical (unpaired) electrons. The van der Waals surface area contributed by atoms with E-state index in [1.54, 1.807) is 7.11 Å². The van der Waals surface area contributed by atoms with E-state index in [1.807, 2.05) is 30.3 Å². The third kappa shape index (κ3) is 6.40. The van der Waals surface area contributed by atoms with Crippen LogP contribution in [0.3, 0.4) is 0 Å². The Morgan fingerprint density at radius 2 is 1.60 bits per heavy atom. The van der Waals surface area contributed by atoms with Gasteiger partial charge in [0.1, 0.15) is 5.75 Å². The van der Waals surface area contributed by atoms with E-state index < -0.39 is 0 Å². The zero-order valence-electron chi connectivity index (χ0n) is 20.8. The first kappa shape index (κ1) is 28.8. The van der Waals surface area contributed by atoms with E-state index in [-0.39, 0.29) is 35.8 Å². The summed E-state index contributed by atoms with van der Waals surface area (Å²) in [6, 6.07) is 27.3. The molecule has 1 fully saturated rings. The molecule has 3 nitrogen and oxygen atoms in total. The second-order valence-corrected chi connectivity index (χ2v) is 9.49. The summed E-state index contributed by atoms with van der Waals surface area (Å²) in [7, 11) is 1.75. The van der Waals surface area contributed by atoms with Gasteiger partial charge in [0.25, 0.3) is 0 Å². The maximum Gasteiger partial charge on any atom is 0.122 e. The highest BCUT2D eigenvalue weighted by Gasteiger charge is 2.40. The number of nitrogens with zero attached hydrogens (tertiary/aromatic N) is 1. The highest BCUT2D eigenvalue weighted by Crippen LogP contribution is 2.41. The fourth-order valence-corrected chi connectivity index (χ4v) is 4.85. The van der Waals surface area contributed by atoms with Crippen LogP contribution in [0.15, 0.2) is 78.9 Å². The molecule has 0 spiro atoms. The lowest BCUT2D eigenvalue weighted by molar-refractivity contribution is 0.0420. The van der Waals surface area contributed by atoms with Gasteiger partial charge in [-0.1, -0.05) is 72.5 Å². The minimum atomic E-state index is -0.300. The molecule has 35 heavy (non-hydrogen) atoms. The third-order valence-corrected chi connectivity index (χ3v) is 6.88. The molecule has 3 aromatic rings. The molecule has 1 atom stereocenters. The van der Waals surface area contributed by atoms with Crippen molar-refractivity contribution in [1.29, 1.82) is 0 Å². The SMILES string of the molecule is COc1ccc(C(C)(C)C#Cc2ccccc2)cc1CC1(c2ccccc2)CCCCN1N.Cl.Cl. The summed E-state index contributed by atoms with van der Waals surface area (Å²) in [6.07, 6.45) is 4.12. The first-order valence-corrected chi connectivity index (χ1v) is 11.8. The van der Waals surface area contributed by atoms with Crippen LogP contribution in [0, 0.1) is 11.8 Å². The molecule has 0 bridgehead atoms. The number of benzene rings is 3. The topological polar surface area (TPSA) is 38.5 Å². The lowest BCUT2D eigenvalue weighted by Crippen LogP contribution is -2.54. The van der Waals surface area contributed by atoms with Crippen LogP contribution >= 0.6 is 24.8 Å². The monoisotopic (exact) mass is 510 g/mol. The molecule has 0 aliphatic carbocycles. The van der Waals surface area contributed by atoms with Gasteiger partial charge in [-0.3, -0.25) is 5.84 Å². The Morgan fingerprint density at radius 3 is 2.23 bits per heavy atom. The van der Waals surface area contributed by atoms with Crippen molar-refractivity contribution < 1.29 is 4.74 Å². The maximum absolute atomic E-state index is 6.69. The molecule has 0 aromatic heterocycles. The number of ether oxygens (including phenoxy) is 1. The Labute approximate surface area is 222 Å². The molecule has 1 aliphatic rings. The summed E-state index contributed by atoms with van der Waals surface area (Å²) in [5.41, 5.74) is 4.11. The van der Waals surface area contributed by atoms with Crippen molar-refractivity contribution in [2.45, 2.75) is 50.5 Å². The predicted molar refractivity (Wildman–Crippen MR) is 150 cm³/mol. The van der Waals surface area contributed by atoms with Crippen LogP contribution in [0.5, 0.6) is 5.75 Å². The van der Waals surface area contributed by atoms with Crippen LogP contribution in [0.25, 0.3) is 0 Å². The van der Waals surface area contributed by atoms with E-state index in [0.29, 0.717) is 0 Å². The Balaban J connectivity index is 0.00000216. The Morgan fingerprint density at radius 1 is 0.943 bits per heavy atom. The average molecular weight is 512 g/mol. The molecule has 186 valence electrons. The Bertz CT molecular complexity index is 1140. The number of piperidine rings is 1. The molecule has 1 saturated heterocycles. The standard InChI is InChI=1S/C30H34N2O.2ClH/c1-29(2,20-18-24-12-6-4-7-13-24)27-16-17-28(33-3)25(22-27)23-30(19-10-11-21-32(30)31)26-14-8-5-9-15-26;;/h4-9,12-17,22H,10-11,19,21,23,31H2,1-3H3;2*1H. The van der Waals surface area contributed by atoms with Gasteiger partial charge in [0.05, 0.1) is 18.1 Å². The summed E-state index contributed by atoms with van der Waals surface area (Å²) < 4.78 is 5.80. The summed E-state index contributed by atoms with van der Waals surface area (Å²) in [4.78, 5) is 0. The molecule has 2 N–H and O–H groups in total. The summed E-state index contributed by atoms with van der Waals surface area (Å²) in [6.45, 7) is 5.25. The largest absolute Gasteiger partial charge is 0.496 e. The van der Waals surface area contributed by atoms with Gasteiger partial charge in [0.2, 0.25) is 0 Å². The number of rotatable bonds is 5. The smallest absolute Gasteiger partial charge is 0.122 e. The first-order valence-electron chi connectivity index (χ1n) is 11.8. The van der Waals surface area contributed by atoms with Gasteiger partial charge < -0.3 is 4.74 Å². The molecule has 5 heteroatoms. The molecule has 0 saturated carbocycles. The first-order chi connectivity index (χ1) is 15.9. The van der Waals surface area contributed by atoms with Crippen LogP contribution in [0.1, 0.15) is 55.4 Å². The molecule has 1 unspecified atom stereocenters. The lowest BCUT2D eigenvalue weighted by atomic mass is 9.75. The molecular weight excluding hydrogens is 475 g/mol. The zero-order valence-corrected chi connectivity index (χ0v) is 22.4. The van der Waals surface area contributed by atoms with Crippen LogP contribution < -0.4 is 10.6 Å². The Kier molecular flexibility index (Phi) is 10.2. The second-order valence-electron chi connectivity index (χ2n) is 9.49. The average Bonchev–Trinajstić information content (AvgIpc) is 2.85. The minimum absolute atomic E-state index is 0. The van der Waals surface area contributed by atoms with Crippen molar-refractivity contribution in [1.82, 2.24) is 5.01 Å². The fraction of sp³-hybridized carbons (Fsp3) is 0.333. The van der Waals surface area contributed by atoms with Crippen molar-refractivity contribution in [2.75, 3.05) is 13.7 Å². The summed E-state index contributed by atoms with van der Waals surface area (Å²) in [5.74, 6) is 14.4. The van der Waals surface area contributed by atoms with Gasteiger partial charge in [0.15, 0.2) is 0 Å². The van der Waals surface area contributed by atoms with Gasteiger partial charge in [-0.25, -0.2) is 5.01 Å². The van der Waals surface area contributed by atoms with Crippen molar-refractivity contribution in [3.05, 3.63) is 101 Å². The molecular formula is C30H36Cl2N2O. The van der Waals surface area contributed by atoms with Gasteiger partial charge in [-0.2, -0.15) is 0 Å². The van der Waals surface area contributed by atoms with E-state index in [1.165, 1.54) is 23.1 Å². The van der Waals surface area contributed by atoms with E-state index in [0.717, 1.165) is 37.1 Å². The molecule has 4 rings (SSSR count). The molecule has 1 aliphatic heterocycles. The lowest BCUT2D eigenvalue weighted by Gasteiger charge is -2.45. The zero-order chi connectivity index (χ0) is 23.3. The van der Waals surface area contributed by atoms with E-state index in [4.69, 9.17) is 10.6 Å². The van der Waals surface area contributed by atoms with Crippen molar-refractivity contribution in [3.8, 4) is 17.6 Å². The third-order valence-electron chi connectivity index (χ3n) is 6.88. The number of hydrazine groups is 1. The van der Waals surface area contributed by atoms with E-state index >= 15 is 0 Å². The number of hydrogen-bond donors (Lipinski definition) is 1. The summed E-state index contributed by atoms with van der Waals surface area (Å²) >= 11 is 0. The van der Waals surface area contributed by atoms with Crippen LogP contribution in [0.4, 0.5) is 0 Å².